The van der Waals surface area contributed by atoms with Gasteiger partial charge in [-0.1, -0.05) is 213 Å². The number of carbonyl (C=O) groups excluding carboxylic acids is 2. The molecule has 0 saturated carbocycles. The maximum absolute atomic E-state index is 12.7. The van der Waals surface area contributed by atoms with E-state index in [0.717, 1.165) is 96.3 Å². The fraction of sp³-hybridized carbons (Fsp3) is 0.627. The van der Waals surface area contributed by atoms with Crippen LogP contribution in [-0.4, -0.2) is 37.9 Å². The third-order valence-electron chi connectivity index (χ3n) is 10.5. The fourth-order valence-electron chi connectivity index (χ4n) is 6.63. The second kappa shape index (κ2) is 53.6. The van der Waals surface area contributed by atoms with Crippen LogP contribution < -0.4 is 0 Å². The lowest BCUT2D eigenvalue weighted by Crippen LogP contribution is -2.29. The number of hydrogen-bond acceptors (Lipinski definition) is 5. The van der Waals surface area contributed by atoms with Gasteiger partial charge in [0.05, 0.1) is 13.0 Å². The number of allylic oxidation sites excluding steroid dienone is 19. The van der Waals surface area contributed by atoms with Crippen molar-refractivity contribution in [3.63, 3.8) is 0 Å². The highest BCUT2D eigenvalue weighted by molar-refractivity contribution is 5.71. The van der Waals surface area contributed by atoms with Crippen LogP contribution in [0.1, 0.15) is 213 Å². The van der Waals surface area contributed by atoms with Crippen molar-refractivity contribution in [2.45, 2.75) is 219 Å². The topological polar surface area (TPSA) is 61.8 Å². The Balaban J connectivity index is 4.43. The zero-order valence-electron chi connectivity index (χ0n) is 41.5. The molecule has 0 aliphatic carbocycles. The van der Waals surface area contributed by atoms with Gasteiger partial charge in [-0.2, -0.15) is 0 Å². The van der Waals surface area contributed by atoms with Gasteiger partial charge in [0.2, 0.25) is 0 Å². The molecule has 64 heavy (non-hydrogen) atoms. The van der Waals surface area contributed by atoms with Crippen LogP contribution in [0.3, 0.4) is 0 Å². The van der Waals surface area contributed by atoms with E-state index in [9.17, 15) is 9.59 Å². The van der Waals surface area contributed by atoms with E-state index in [2.05, 4.69) is 130 Å². The van der Waals surface area contributed by atoms with Crippen LogP contribution in [0.5, 0.6) is 0 Å². The van der Waals surface area contributed by atoms with Crippen molar-refractivity contribution in [3.05, 3.63) is 122 Å². The lowest BCUT2D eigenvalue weighted by Gasteiger charge is -2.18. The summed E-state index contributed by atoms with van der Waals surface area (Å²) < 4.78 is 17.3. The van der Waals surface area contributed by atoms with Gasteiger partial charge in [0.1, 0.15) is 6.61 Å². The minimum Gasteiger partial charge on any atom is -0.462 e. The fourth-order valence-corrected chi connectivity index (χ4v) is 6.63. The van der Waals surface area contributed by atoms with Crippen molar-refractivity contribution < 1.29 is 23.8 Å². The minimum atomic E-state index is -0.610. The van der Waals surface area contributed by atoms with Gasteiger partial charge in [-0.25, -0.2) is 0 Å². The maximum atomic E-state index is 12.7. The zero-order valence-corrected chi connectivity index (χ0v) is 41.5. The molecular formula is C59H96O5. The minimum absolute atomic E-state index is 0.0270. The number of esters is 2. The number of ether oxygens (including phenoxy) is 3. The molecule has 0 aromatic rings. The van der Waals surface area contributed by atoms with Crippen molar-refractivity contribution in [1.29, 1.82) is 0 Å². The number of hydrogen-bond donors (Lipinski definition) is 0. The summed E-state index contributed by atoms with van der Waals surface area (Å²) in [6, 6.07) is 0. The maximum Gasteiger partial charge on any atom is 0.310 e. The molecule has 0 fully saturated rings. The van der Waals surface area contributed by atoms with Crippen molar-refractivity contribution >= 4 is 11.9 Å². The van der Waals surface area contributed by atoms with E-state index in [4.69, 9.17) is 14.2 Å². The Labute approximate surface area is 395 Å². The second-order valence-corrected chi connectivity index (χ2v) is 16.7. The summed E-state index contributed by atoms with van der Waals surface area (Å²) in [5.74, 6) is -0.571. The normalized spacial score (nSPS) is 13.2. The standard InChI is InChI=1S/C59H96O5/c1-4-7-10-13-16-19-22-25-28-29-30-31-33-34-37-40-43-46-49-52-58(60)63-56-57(55-62-54-51-48-45-42-39-36-27-24-21-18-15-12-9-6-3)64-59(61)53-50-47-44-41-38-35-32-26-23-20-17-14-11-8-5-2/h8,11-12,15-17,19-21,24-26,28,30-32,38,41,47,50,57H,4-7,9-10,13-14,18,22-23,27,29,33-37,39-40,42-46,48-49,51-56H2,1-3H3/b11-8-,15-12-,19-16-,20-17-,24-21-,28-25-,31-30-,32-26-,41-38-,50-47-. The summed E-state index contributed by atoms with van der Waals surface area (Å²) >= 11 is 0. The van der Waals surface area contributed by atoms with Gasteiger partial charge in [0.15, 0.2) is 6.10 Å². The summed E-state index contributed by atoms with van der Waals surface area (Å²) in [4.78, 5) is 25.4. The van der Waals surface area contributed by atoms with E-state index in [-0.39, 0.29) is 31.6 Å². The monoisotopic (exact) mass is 885 g/mol. The second-order valence-electron chi connectivity index (χ2n) is 16.7. The number of unbranched alkanes of at least 4 members (excludes halogenated alkanes) is 16. The molecule has 0 aliphatic rings. The van der Waals surface area contributed by atoms with Crippen LogP contribution in [0.25, 0.3) is 0 Å². The molecule has 0 amide bonds. The molecule has 0 rings (SSSR count). The first-order valence-corrected chi connectivity index (χ1v) is 26.1. The molecule has 0 aliphatic heterocycles. The van der Waals surface area contributed by atoms with Gasteiger partial charge >= 0.3 is 11.9 Å². The third-order valence-corrected chi connectivity index (χ3v) is 10.5. The van der Waals surface area contributed by atoms with E-state index in [1.165, 1.54) is 83.5 Å². The predicted molar refractivity (Wildman–Crippen MR) is 279 cm³/mol. The Morgan fingerprint density at radius 3 is 1.27 bits per heavy atom. The smallest absolute Gasteiger partial charge is 0.310 e. The largest absolute Gasteiger partial charge is 0.462 e. The number of carbonyl (C=O) groups is 2. The molecule has 0 saturated heterocycles. The molecule has 0 aromatic heterocycles. The highest BCUT2D eigenvalue weighted by Gasteiger charge is 2.17. The van der Waals surface area contributed by atoms with Crippen molar-refractivity contribution in [2.24, 2.45) is 0 Å². The summed E-state index contributed by atoms with van der Waals surface area (Å²) in [6.45, 7) is 7.47. The SMILES string of the molecule is CC/C=C\C/C=C\C/C=C\C/C=C\C/C=C\CC(=O)OC(COCCCCCCCC/C=C\C/C=C\CCC)COC(=O)CCCCCCCC/C=C\C/C=C\C/C=C\CCCCC. The molecule has 5 heteroatoms. The molecular weight excluding hydrogens is 789 g/mol. The van der Waals surface area contributed by atoms with Gasteiger partial charge in [0, 0.05) is 13.0 Å². The molecule has 0 radical (unpaired) electrons. The zero-order chi connectivity index (χ0) is 46.3. The van der Waals surface area contributed by atoms with E-state index >= 15 is 0 Å². The van der Waals surface area contributed by atoms with Gasteiger partial charge in [-0.3, -0.25) is 9.59 Å². The first kappa shape index (κ1) is 60.3. The lowest BCUT2D eigenvalue weighted by atomic mass is 10.1. The molecule has 0 aromatic carbocycles. The van der Waals surface area contributed by atoms with Crippen molar-refractivity contribution in [1.82, 2.24) is 0 Å². The number of rotatable bonds is 46. The molecule has 1 unspecified atom stereocenters. The molecule has 0 bridgehead atoms. The van der Waals surface area contributed by atoms with Crippen LogP contribution in [0.2, 0.25) is 0 Å². The van der Waals surface area contributed by atoms with Gasteiger partial charge in [-0.15, -0.1) is 0 Å². The summed E-state index contributed by atoms with van der Waals surface area (Å²) in [7, 11) is 0. The van der Waals surface area contributed by atoms with Crippen LogP contribution in [0.15, 0.2) is 122 Å². The van der Waals surface area contributed by atoms with Gasteiger partial charge < -0.3 is 14.2 Å². The van der Waals surface area contributed by atoms with E-state index in [1.807, 2.05) is 12.2 Å². The van der Waals surface area contributed by atoms with Crippen molar-refractivity contribution in [3.8, 4) is 0 Å². The highest BCUT2D eigenvalue weighted by Crippen LogP contribution is 2.12. The summed E-state index contributed by atoms with van der Waals surface area (Å²) in [5.41, 5.74) is 0. The Morgan fingerprint density at radius 1 is 0.375 bits per heavy atom. The van der Waals surface area contributed by atoms with Gasteiger partial charge in [-0.05, 0) is 109 Å². The molecule has 362 valence electrons. The Morgan fingerprint density at radius 2 is 0.781 bits per heavy atom. The predicted octanol–water partition coefficient (Wildman–Crippen LogP) is 17.8. The summed E-state index contributed by atoms with van der Waals surface area (Å²) in [6.07, 6.45) is 75.1. The van der Waals surface area contributed by atoms with Crippen LogP contribution in [-0.2, 0) is 23.8 Å². The highest BCUT2D eigenvalue weighted by atomic mass is 16.6. The van der Waals surface area contributed by atoms with E-state index < -0.39 is 6.10 Å². The van der Waals surface area contributed by atoms with Gasteiger partial charge in [0.25, 0.3) is 0 Å². The molecule has 1 atom stereocenters. The van der Waals surface area contributed by atoms with Crippen LogP contribution in [0, 0.1) is 0 Å². The first-order valence-electron chi connectivity index (χ1n) is 26.1. The molecule has 5 nitrogen and oxygen atoms in total. The first-order chi connectivity index (χ1) is 31.6. The Kier molecular flexibility index (Phi) is 50.5. The van der Waals surface area contributed by atoms with Crippen molar-refractivity contribution in [2.75, 3.05) is 19.8 Å². The lowest BCUT2D eigenvalue weighted by molar-refractivity contribution is -0.162. The Hall–Kier alpha value is -3.70. The van der Waals surface area contributed by atoms with Crippen LogP contribution in [0.4, 0.5) is 0 Å². The molecule has 0 heterocycles. The average Bonchev–Trinajstić information content (AvgIpc) is 3.30. The molecule has 0 spiro atoms. The van der Waals surface area contributed by atoms with Crippen LogP contribution >= 0.6 is 0 Å². The third kappa shape index (κ3) is 50.9. The summed E-state index contributed by atoms with van der Waals surface area (Å²) in [5, 5.41) is 0. The average molecular weight is 885 g/mol. The van der Waals surface area contributed by atoms with E-state index in [0.29, 0.717) is 13.0 Å². The quantitative estimate of drug-likeness (QED) is 0.0346. The van der Waals surface area contributed by atoms with E-state index in [1.54, 1.807) is 0 Å². The Bertz CT molecular complexity index is 1320. The molecule has 0 N–H and O–H groups in total.